The fourth-order valence-corrected chi connectivity index (χ4v) is 2.38. The average molecular weight is 332 g/mol. The lowest BCUT2D eigenvalue weighted by molar-refractivity contribution is -0.149. The highest BCUT2D eigenvalue weighted by Crippen LogP contribution is 2.26. The third-order valence-corrected chi connectivity index (χ3v) is 3.88. The summed E-state index contributed by atoms with van der Waals surface area (Å²) in [5.41, 5.74) is -0.216. The number of carbonyl (C=O) groups excluding carboxylic acids is 1. The molecule has 0 saturated heterocycles. The number of hydrogen-bond acceptors (Lipinski definition) is 3. The van der Waals surface area contributed by atoms with Crippen LogP contribution in [-0.2, 0) is 4.79 Å². The zero-order valence-corrected chi connectivity index (χ0v) is 12.8. The van der Waals surface area contributed by atoms with Gasteiger partial charge in [-0.1, -0.05) is 13.8 Å². The number of carbonyl (C=O) groups is 2. The van der Waals surface area contributed by atoms with Gasteiger partial charge in [-0.15, -0.1) is 0 Å². The number of carboxylic acid groups (broad SMARTS) is 1. The van der Waals surface area contributed by atoms with Gasteiger partial charge in [0.25, 0.3) is 5.91 Å². The van der Waals surface area contributed by atoms with Crippen molar-refractivity contribution in [3.63, 3.8) is 0 Å². The second-order valence-corrected chi connectivity index (χ2v) is 5.32. The summed E-state index contributed by atoms with van der Waals surface area (Å²) >= 11 is 3.15. The third-order valence-electron chi connectivity index (χ3n) is 3.49. The van der Waals surface area contributed by atoms with E-state index in [1.54, 1.807) is 26.8 Å². The lowest BCUT2D eigenvalue weighted by Gasteiger charge is -2.26. The van der Waals surface area contributed by atoms with E-state index in [2.05, 4.69) is 21.2 Å². The standard InChI is InChI=1S/C13H18BrNO4/c1-4-13(5-2,12(17)18)7-15-11(16)10-8(3)6-9(14)19-10/h6H,4-5,7H2,1-3H3,(H,15,16)(H,17,18). The molecule has 0 aliphatic heterocycles. The summed E-state index contributed by atoms with van der Waals surface area (Å²) < 4.78 is 5.70. The van der Waals surface area contributed by atoms with Gasteiger partial charge in [0.05, 0.1) is 5.41 Å². The molecule has 1 amide bonds. The van der Waals surface area contributed by atoms with Crippen LogP contribution in [0.5, 0.6) is 0 Å². The maximum absolute atomic E-state index is 12.0. The predicted molar refractivity (Wildman–Crippen MR) is 74.1 cm³/mol. The summed E-state index contributed by atoms with van der Waals surface area (Å²) in [5.74, 6) is -1.08. The van der Waals surface area contributed by atoms with Gasteiger partial charge in [0.15, 0.2) is 10.4 Å². The van der Waals surface area contributed by atoms with Gasteiger partial charge in [0.2, 0.25) is 0 Å². The fourth-order valence-electron chi connectivity index (χ4n) is 1.88. The largest absolute Gasteiger partial charge is 0.481 e. The zero-order valence-electron chi connectivity index (χ0n) is 11.2. The Labute approximate surface area is 120 Å². The van der Waals surface area contributed by atoms with Gasteiger partial charge in [0, 0.05) is 12.1 Å². The minimum atomic E-state index is -0.923. The molecular weight excluding hydrogens is 314 g/mol. The molecule has 0 spiro atoms. The number of aryl methyl sites for hydroxylation is 1. The van der Waals surface area contributed by atoms with Crippen LogP contribution < -0.4 is 5.32 Å². The molecule has 19 heavy (non-hydrogen) atoms. The van der Waals surface area contributed by atoms with Crippen molar-refractivity contribution in [2.45, 2.75) is 33.6 Å². The Morgan fingerprint density at radius 2 is 2.00 bits per heavy atom. The molecule has 2 N–H and O–H groups in total. The van der Waals surface area contributed by atoms with E-state index in [0.717, 1.165) is 0 Å². The molecular formula is C13H18BrNO4. The number of carboxylic acids is 1. The molecule has 0 fully saturated rings. The van der Waals surface area contributed by atoms with Crippen molar-refractivity contribution in [3.8, 4) is 0 Å². The highest BCUT2D eigenvalue weighted by atomic mass is 79.9. The molecule has 1 aromatic rings. The first-order chi connectivity index (χ1) is 8.86. The highest BCUT2D eigenvalue weighted by molar-refractivity contribution is 9.10. The zero-order chi connectivity index (χ0) is 14.6. The van der Waals surface area contributed by atoms with Crippen molar-refractivity contribution in [2.24, 2.45) is 5.41 Å². The topological polar surface area (TPSA) is 79.5 Å². The Kier molecular flexibility index (Phi) is 5.17. The molecule has 0 bridgehead atoms. The SMILES string of the molecule is CCC(CC)(CNC(=O)c1oc(Br)cc1C)C(=O)O. The van der Waals surface area contributed by atoms with Crippen LogP contribution in [0.3, 0.4) is 0 Å². The molecule has 5 nitrogen and oxygen atoms in total. The van der Waals surface area contributed by atoms with Crippen LogP contribution in [0.2, 0.25) is 0 Å². The number of furan rings is 1. The number of amides is 1. The van der Waals surface area contributed by atoms with E-state index in [1.807, 2.05) is 0 Å². The second kappa shape index (κ2) is 6.23. The third kappa shape index (κ3) is 3.37. The molecule has 0 aromatic carbocycles. The van der Waals surface area contributed by atoms with E-state index in [0.29, 0.717) is 23.1 Å². The molecule has 0 aliphatic rings. The van der Waals surface area contributed by atoms with E-state index in [9.17, 15) is 14.7 Å². The van der Waals surface area contributed by atoms with E-state index in [1.165, 1.54) is 0 Å². The monoisotopic (exact) mass is 331 g/mol. The minimum Gasteiger partial charge on any atom is -0.481 e. The van der Waals surface area contributed by atoms with Crippen LogP contribution >= 0.6 is 15.9 Å². The predicted octanol–water partition coefficient (Wildman–Crippen LogP) is 2.97. The molecule has 0 saturated carbocycles. The Hall–Kier alpha value is -1.30. The molecule has 106 valence electrons. The summed E-state index contributed by atoms with van der Waals surface area (Å²) in [6.07, 6.45) is 0.917. The van der Waals surface area contributed by atoms with Gasteiger partial charge in [-0.2, -0.15) is 0 Å². The molecule has 0 atom stereocenters. The quantitative estimate of drug-likeness (QED) is 0.839. The Bertz CT molecular complexity index is 477. The minimum absolute atomic E-state index is 0.0892. The maximum atomic E-state index is 12.0. The number of halogens is 1. The van der Waals surface area contributed by atoms with Gasteiger partial charge in [-0.25, -0.2) is 0 Å². The van der Waals surface area contributed by atoms with Crippen LogP contribution in [0, 0.1) is 12.3 Å². The van der Waals surface area contributed by atoms with Crippen LogP contribution in [-0.4, -0.2) is 23.5 Å². The summed E-state index contributed by atoms with van der Waals surface area (Å²) in [6.45, 7) is 5.45. The van der Waals surface area contributed by atoms with Crippen molar-refractivity contribution >= 4 is 27.8 Å². The van der Waals surface area contributed by atoms with Crippen molar-refractivity contribution in [2.75, 3.05) is 6.54 Å². The lowest BCUT2D eigenvalue weighted by atomic mass is 9.82. The number of rotatable bonds is 6. The molecule has 1 rings (SSSR count). The van der Waals surface area contributed by atoms with Crippen LogP contribution in [0.1, 0.15) is 42.8 Å². The van der Waals surface area contributed by atoms with E-state index in [4.69, 9.17) is 4.42 Å². The van der Waals surface area contributed by atoms with E-state index >= 15 is 0 Å². The Morgan fingerprint density at radius 3 is 2.37 bits per heavy atom. The van der Waals surface area contributed by atoms with Crippen molar-refractivity contribution < 1.29 is 19.1 Å². The summed E-state index contributed by atoms with van der Waals surface area (Å²) in [4.78, 5) is 23.3. The average Bonchev–Trinajstić information content (AvgIpc) is 2.69. The van der Waals surface area contributed by atoms with E-state index < -0.39 is 17.3 Å². The molecule has 6 heteroatoms. The van der Waals surface area contributed by atoms with Gasteiger partial charge in [0.1, 0.15) is 0 Å². The van der Waals surface area contributed by atoms with Crippen LogP contribution in [0.4, 0.5) is 0 Å². The highest BCUT2D eigenvalue weighted by Gasteiger charge is 2.35. The summed E-state index contributed by atoms with van der Waals surface area (Å²) in [7, 11) is 0. The summed E-state index contributed by atoms with van der Waals surface area (Å²) in [5, 5.41) is 11.9. The molecule has 1 heterocycles. The van der Waals surface area contributed by atoms with Crippen LogP contribution in [0.25, 0.3) is 0 Å². The number of nitrogens with one attached hydrogen (secondary N) is 1. The molecule has 0 unspecified atom stereocenters. The van der Waals surface area contributed by atoms with Gasteiger partial charge >= 0.3 is 5.97 Å². The fraction of sp³-hybridized carbons (Fsp3) is 0.538. The molecule has 0 aliphatic carbocycles. The molecule has 0 radical (unpaired) electrons. The first-order valence-corrected chi connectivity index (χ1v) is 6.93. The van der Waals surface area contributed by atoms with E-state index in [-0.39, 0.29) is 12.3 Å². The lowest BCUT2D eigenvalue weighted by Crippen LogP contribution is -2.42. The Balaban J connectivity index is 2.78. The van der Waals surface area contributed by atoms with Crippen LogP contribution in [0.15, 0.2) is 15.2 Å². The van der Waals surface area contributed by atoms with Gasteiger partial charge in [-0.05, 0) is 41.8 Å². The Morgan fingerprint density at radius 1 is 1.42 bits per heavy atom. The van der Waals surface area contributed by atoms with Crippen molar-refractivity contribution in [1.29, 1.82) is 0 Å². The van der Waals surface area contributed by atoms with Gasteiger partial charge in [-0.3, -0.25) is 9.59 Å². The molecule has 1 aromatic heterocycles. The number of aliphatic carboxylic acids is 1. The van der Waals surface area contributed by atoms with Crippen molar-refractivity contribution in [1.82, 2.24) is 5.32 Å². The van der Waals surface area contributed by atoms with Crippen molar-refractivity contribution in [3.05, 3.63) is 22.1 Å². The normalized spacial score (nSPS) is 11.4. The smallest absolute Gasteiger partial charge is 0.311 e. The maximum Gasteiger partial charge on any atom is 0.311 e. The second-order valence-electron chi connectivity index (χ2n) is 4.54. The van der Waals surface area contributed by atoms with Gasteiger partial charge < -0.3 is 14.8 Å². The first kappa shape index (κ1) is 15.8. The number of hydrogen-bond donors (Lipinski definition) is 2. The summed E-state index contributed by atoms with van der Waals surface area (Å²) in [6, 6.07) is 1.69. The first-order valence-electron chi connectivity index (χ1n) is 6.13.